The number of fused-ring (bicyclic) bond motifs is 1. The molecule has 1 atom stereocenters. The molecule has 3 heterocycles. The van der Waals surface area contributed by atoms with Gasteiger partial charge in [0.1, 0.15) is 12.2 Å². The van der Waals surface area contributed by atoms with Gasteiger partial charge < -0.3 is 9.88 Å². The summed E-state index contributed by atoms with van der Waals surface area (Å²) >= 11 is 0. The van der Waals surface area contributed by atoms with Crippen LogP contribution in [0.15, 0.2) is 53.8 Å². The molecule has 0 saturated heterocycles. The average Bonchev–Trinajstić information content (AvgIpc) is 3.34. The van der Waals surface area contributed by atoms with Gasteiger partial charge in [-0.2, -0.15) is 13.2 Å². The molecule has 8 nitrogen and oxygen atoms in total. The first-order valence-electron chi connectivity index (χ1n) is 10.1. The highest BCUT2D eigenvalue weighted by Gasteiger charge is 2.33. The number of halogens is 3. The standard InChI is InChI=1S/C22H21F3N6O2/c1-13(20-28-27-12-29(20)3)16-7-15(10-26-14(2)32)8-17(9-16)31-11-19-18(22(23,24)25)5-4-6-30(19)21(31)33/h4-9,11-13H,10H2,1-3H3,(H,26,32)/t13-/m0/s1. The maximum atomic E-state index is 13.5. The van der Waals surface area contributed by atoms with Gasteiger partial charge in [-0.1, -0.05) is 13.0 Å². The van der Waals surface area contributed by atoms with Crippen LogP contribution < -0.4 is 11.0 Å². The lowest BCUT2D eigenvalue weighted by atomic mass is 9.97. The molecule has 0 aliphatic heterocycles. The number of carbonyl (C=O) groups is 1. The highest BCUT2D eigenvalue weighted by atomic mass is 19.4. The van der Waals surface area contributed by atoms with E-state index in [1.165, 1.54) is 30.0 Å². The molecule has 0 radical (unpaired) electrons. The summed E-state index contributed by atoms with van der Waals surface area (Å²) in [5.74, 6) is 0.211. The molecule has 0 bridgehead atoms. The van der Waals surface area contributed by atoms with Gasteiger partial charge >= 0.3 is 11.9 Å². The normalized spacial score (nSPS) is 12.8. The molecule has 1 N–H and O–H groups in total. The Bertz CT molecular complexity index is 1400. The first kappa shape index (κ1) is 22.3. The highest BCUT2D eigenvalue weighted by molar-refractivity contribution is 5.72. The maximum Gasteiger partial charge on any atom is 0.418 e. The lowest BCUT2D eigenvalue weighted by Crippen LogP contribution is -2.21. The average molecular weight is 458 g/mol. The van der Waals surface area contributed by atoms with Gasteiger partial charge in [-0.15, -0.1) is 10.2 Å². The summed E-state index contributed by atoms with van der Waals surface area (Å²) < 4.78 is 44.4. The smallest absolute Gasteiger partial charge is 0.352 e. The third-order valence-corrected chi connectivity index (χ3v) is 5.46. The third kappa shape index (κ3) is 4.26. The van der Waals surface area contributed by atoms with Crippen LogP contribution in [0.4, 0.5) is 13.2 Å². The number of rotatable bonds is 5. The van der Waals surface area contributed by atoms with Crippen molar-refractivity contribution >= 4 is 11.4 Å². The van der Waals surface area contributed by atoms with Crippen molar-refractivity contribution in [1.29, 1.82) is 0 Å². The second-order valence-corrected chi connectivity index (χ2v) is 7.82. The van der Waals surface area contributed by atoms with E-state index in [0.717, 1.165) is 16.0 Å². The summed E-state index contributed by atoms with van der Waals surface area (Å²) in [5.41, 5.74) is 0.0499. The van der Waals surface area contributed by atoms with Gasteiger partial charge in [0, 0.05) is 38.8 Å². The maximum absolute atomic E-state index is 13.5. The van der Waals surface area contributed by atoms with Gasteiger partial charge in [0.25, 0.3) is 0 Å². The van der Waals surface area contributed by atoms with Gasteiger partial charge in [-0.05, 0) is 35.4 Å². The Kier molecular flexibility index (Phi) is 5.56. The zero-order valence-corrected chi connectivity index (χ0v) is 18.1. The number of pyridine rings is 1. The molecule has 33 heavy (non-hydrogen) atoms. The minimum absolute atomic E-state index is 0.192. The van der Waals surface area contributed by atoms with E-state index in [0.29, 0.717) is 17.1 Å². The molecule has 172 valence electrons. The highest BCUT2D eigenvalue weighted by Crippen LogP contribution is 2.32. The van der Waals surface area contributed by atoms with Crippen molar-refractivity contribution in [2.45, 2.75) is 32.5 Å². The molecular formula is C22H21F3N6O2. The Morgan fingerprint density at radius 2 is 2.00 bits per heavy atom. The Balaban J connectivity index is 1.89. The summed E-state index contributed by atoms with van der Waals surface area (Å²) in [6, 6.07) is 7.38. The van der Waals surface area contributed by atoms with Gasteiger partial charge in [0.2, 0.25) is 5.91 Å². The fourth-order valence-corrected chi connectivity index (χ4v) is 3.79. The molecule has 1 amide bonds. The van der Waals surface area contributed by atoms with E-state index in [1.54, 1.807) is 30.1 Å². The Morgan fingerprint density at radius 3 is 2.64 bits per heavy atom. The van der Waals surface area contributed by atoms with E-state index in [9.17, 15) is 22.8 Å². The minimum atomic E-state index is -4.61. The van der Waals surface area contributed by atoms with Crippen molar-refractivity contribution in [3.8, 4) is 5.69 Å². The summed E-state index contributed by atoms with van der Waals surface area (Å²) in [6.07, 6.45) is -0.562. The van der Waals surface area contributed by atoms with E-state index >= 15 is 0 Å². The first-order valence-corrected chi connectivity index (χ1v) is 10.1. The van der Waals surface area contributed by atoms with Crippen LogP contribution in [0.1, 0.15) is 42.3 Å². The number of hydrogen-bond acceptors (Lipinski definition) is 4. The van der Waals surface area contributed by atoms with Crippen LogP contribution >= 0.6 is 0 Å². The fraction of sp³-hybridized carbons (Fsp3) is 0.273. The van der Waals surface area contributed by atoms with E-state index in [1.807, 2.05) is 13.0 Å². The van der Waals surface area contributed by atoms with Gasteiger partial charge in [-0.3, -0.25) is 13.8 Å². The number of benzene rings is 1. The van der Waals surface area contributed by atoms with Crippen LogP contribution in [0, 0.1) is 0 Å². The van der Waals surface area contributed by atoms with Crippen molar-refractivity contribution in [3.63, 3.8) is 0 Å². The van der Waals surface area contributed by atoms with Gasteiger partial charge in [0.05, 0.1) is 16.8 Å². The van der Waals surface area contributed by atoms with E-state index in [4.69, 9.17) is 0 Å². The molecule has 0 unspecified atom stereocenters. The van der Waals surface area contributed by atoms with Crippen molar-refractivity contribution in [1.82, 2.24) is 29.0 Å². The Hall–Kier alpha value is -3.89. The summed E-state index contributed by atoms with van der Waals surface area (Å²) in [6.45, 7) is 3.49. The molecule has 4 rings (SSSR count). The SMILES string of the molecule is CC(=O)NCc1cc([C@H](C)c2nncn2C)cc(-n2cc3c(C(F)(F)F)cccn3c2=O)c1. The molecular weight excluding hydrogens is 437 g/mol. The number of aromatic nitrogens is 5. The number of amides is 1. The number of alkyl halides is 3. The predicted molar refractivity (Wildman–Crippen MR) is 114 cm³/mol. The monoisotopic (exact) mass is 458 g/mol. The third-order valence-electron chi connectivity index (χ3n) is 5.46. The zero-order valence-electron chi connectivity index (χ0n) is 18.1. The van der Waals surface area contributed by atoms with E-state index in [-0.39, 0.29) is 23.9 Å². The van der Waals surface area contributed by atoms with Gasteiger partial charge in [-0.25, -0.2) is 4.79 Å². The van der Waals surface area contributed by atoms with E-state index < -0.39 is 17.4 Å². The zero-order chi connectivity index (χ0) is 23.9. The molecule has 11 heteroatoms. The largest absolute Gasteiger partial charge is 0.418 e. The number of nitrogens with one attached hydrogen (secondary N) is 1. The van der Waals surface area contributed by atoms with E-state index in [2.05, 4.69) is 15.5 Å². The van der Waals surface area contributed by atoms with Crippen molar-refractivity contribution < 1.29 is 18.0 Å². The number of aryl methyl sites for hydroxylation is 1. The predicted octanol–water partition coefficient (Wildman–Crippen LogP) is 3.03. The van der Waals surface area contributed by atoms with Crippen LogP contribution in [0.2, 0.25) is 0 Å². The van der Waals surface area contributed by atoms with Gasteiger partial charge in [0.15, 0.2) is 0 Å². The van der Waals surface area contributed by atoms with Crippen LogP contribution in [0.3, 0.4) is 0 Å². The second kappa shape index (κ2) is 8.23. The van der Waals surface area contributed by atoms with Crippen LogP contribution in [0.5, 0.6) is 0 Å². The molecule has 1 aromatic carbocycles. The Morgan fingerprint density at radius 1 is 1.24 bits per heavy atom. The summed E-state index contributed by atoms with van der Waals surface area (Å²) in [7, 11) is 1.80. The molecule has 0 spiro atoms. The molecule has 0 saturated carbocycles. The molecule has 0 fully saturated rings. The molecule has 0 aliphatic rings. The van der Waals surface area contributed by atoms with Crippen molar-refractivity contribution in [2.75, 3.05) is 0 Å². The number of nitrogens with zero attached hydrogens (tertiary/aromatic N) is 5. The summed E-state index contributed by atoms with van der Waals surface area (Å²) in [5, 5.41) is 10.7. The van der Waals surface area contributed by atoms with Crippen LogP contribution in [0.25, 0.3) is 11.2 Å². The van der Waals surface area contributed by atoms with Crippen molar-refractivity contribution in [2.24, 2.45) is 7.05 Å². The summed E-state index contributed by atoms with van der Waals surface area (Å²) in [4.78, 5) is 24.4. The minimum Gasteiger partial charge on any atom is -0.352 e. The van der Waals surface area contributed by atoms with Crippen molar-refractivity contribution in [3.05, 3.63) is 82.1 Å². The quantitative estimate of drug-likeness (QED) is 0.498. The van der Waals surface area contributed by atoms with Crippen LogP contribution in [-0.2, 0) is 24.6 Å². The fourth-order valence-electron chi connectivity index (χ4n) is 3.79. The lowest BCUT2D eigenvalue weighted by molar-refractivity contribution is -0.136. The van der Waals surface area contributed by atoms with Crippen LogP contribution in [-0.4, -0.2) is 29.6 Å². The topological polar surface area (TPSA) is 86.2 Å². The molecule has 3 aromatic heterocycles. The number of imidazole rings is 1. The molecule has 4 aromatic rings. The lowest BCUT2D eigenvalue weighted by Gasteiger charge is -2.15. The number of carbonyl (C=O) groups excluding carboxylic acids is 1. The Labute approximate surface area is 186 Å². The molecule has 0 aliphatic carbocycles. The number of hydrogen-bond donors (Lipinski definition) is 1. The first-order chi connectivity index (χ1) is 15.6. The second-order valence-electron chi connectivity index (χ2n) is 7.82.